The number of nitrogens with zero attached hydrogens (tertiary/aromatic N) is 1. The summed E-state index contributed by atoms with van der Waals surface area (Å²) in [6.07, 6.45) is 3.84. The molecule has 1 amide bonds. The lowest BCUT2D eigenvalue weighted by atomic mass is 9.90. The number of amides is 1. The molecular formula is C24H29NO4. The first-order chi connectivity index (χ1) is 14.1. The van der Waals surface area contributed by atoms with Gasteiger partial charge in [-0.25, -0.2) is 0 Å². The van der Waals surface area contributed by atoms with E-state index in [4.69, 9.17) is 14.2 Å². The van der Waals surface area contributed by atoms with Gasteiger partial charge in [-0.15, -0.1) is 0 Å². The Morgan fingerprint density at radius 2 is 1.66 bits per heavy atom. The number of benzene rings is 2. The maximum atomic E-state index is 13.2. The number of carbonyl (C=O) groups excluding carboxylic acids is 1. The highest BCUT2D eigenvalue weighted by Crippen LogP contribution is 2.45. The molecule has 154 valence electrons. The van der Waals surface area contributed by atoms with Crippen LogP contribution in [-0.2, 0) is 17.8 Å². The highest BCUT2D eigenvalue weighted by molar-refractivity contribution is 5.77. The Kier molecular flexibility index (Phi) is 5.65. The minimum absolute atomic E-state index is 0.234. The molecule has 0 spiro atoms. The molecule has 0 bridgehead atoms. The maximum absolute atomic E-state index is 13.2. The fraction of sp³-hybridized carbons (Fsp3) is 0.458. The second-order valence-corrected chi connectivity index (χ2v) is 7.96. The first kappa shape index (κ1) is 19.6. The van der Waals surface area contributed by atoms with Crippen LogP contribution in [0.1, 0.15) is 41.9 Å². The van der Waals surface area contributed by atoms with E-state index >= 15 is 0 Å². The van der Waals surface area contributed by atoms with Crippen LogP contribution in [-0.4, -0.2) is 38.7 Å². The minimum Gasteiger partial charge on any atom is -0.497 e. The lowest BCUT2D eigenvalue weighted by Gasteiger charge is -2.31. The normalized spacial score (nSPS) is 16.7. The number of rotatable bonds is 7. The van der Waals surface area contributed by atoms with Crippen LogP contribution in [0.5, 0.6) is 17.2 Å². The molecule has 1 aliphatic heterocycles. The first-order valence-corrected chi connectivity index (χ1v) is 10.3. The zero-order valence-electron chi connectivity index (χ0n) is 17.4. The molecule has 0 aromatic heterocycles. The Balaban J connectivity index is 1.48. The predicted octanol–water partition coefficient (Wildman–Crippen LogP) is 4.18. The number of hydrogen-bond donors (Lipinski definition) is 0. The summed E-state index contributed by atoms with van der Waals surface area (Å²) in [5, 5.41) is 0. The lowest BCUT2D eigenvalue weighted by Crippen LogP contribution is -2.36. The van der Waals surface area contributed by atoms with Crippen LogP contribution in [0.4, 0.5) is 0 Å². The van der Waals surface area contributed by atoms with Crippen LogP contribution in [0.3, 0.4) is 0 Å². The summed E-state index contributed by atoms with van der Waals surface area (Å²) in [4.78, 5) is 15.2. The van der Waals surface area contributed by atoms with Crippen molar-refractivity contribution in [3.05, 3.63) is 53.1 Å². The van der Waals surface area contributed by atoms with Gasteiger partial charge in [-0.2, -0.15) is 0 Å². The zero-order valence-corrected chi connectivity index (χ0v) is 17.4. The van der Waals surface area contributed by atoms with Crippen molar-refractivity contribution < 1.29 is 19.0 Å². The van der Waals surface area contributed by atoms with Crippen LogP contribution in [0, 0.1) is 5.92 Å². The summed E-state index contributed by atoms with van der Waals surface area (Å²) in [5.41, 5.74) is 3.63. The highest BCUT2D eigenvalue weighted by atomic mass is 16.5. The van der Waals surface area contributed by atoms with Crippen LogP contribution in [0.15, 0.2) is 36.4 Å². The third-order valence-corrected chi connectivity index (χ3v) is 6.20. The Labute approximate surface area is 172 Å². The number of ether oxygens (including phenoxy) is 3. The van der Waals surface area contributed by atoms with Gasteiger partial charge in [0.25, 0.3) is 0 Å². The standard InChI is InChI=1S/C24H29NO4/c1-27-20-8-6-17(7-9-20)21(16-4-5-16)14-24(26)25-11-10-18-12-22(28-2)23(29-3)13-19(18)15-25/h6-9,12-13,16,21H,4-5,10-11,14-15H2,1-3H3. The van der Waals surface area contributed by atoms with Crippen molar-refractivity contribution in [1.82, 2.24) is 4.90 Å². The second kappa shape index (κ2) is 8.36. The Bertz CT molecular complexity index is 873. The van der Waals surface area contributed by atoms with E-state index in [2.05, 4.69) is 12.1 Å². The molecule has 1 atom stereocenters. The summed E-state index contributed by atoms with van der Waals surface area (Å²) in [6, 6.07) is 12.3. The summed E-state index contributed by atoms with van der Waals surface area (Å²) < 4.78 is 16.1. The van der Waals surface area contributed by atoms with Crippen molar-refractivity contribution in [2.45, 2.75) is 38.1 Å². The SMILES string of the molecule is COc1ccc(C(CC(=O)N2CCc3cc(OC)c(OC)cc3C2)C2CC2)cc1. The van der Waals surface area contributed by atoms with Gasteiger partial charge in [-0.1, -0.05) is 12.1 Å². The number of fused-ring (bicyclic) bond motifs is 1. The average molecular weight is 395 g/mol. The van der Waals surface area contributed by atoms with Crippen molar-refractivity contribution in [2.75, 3.05) is 27.9 Å². The number of carbonyl (C=O) groups is 1. The summed E-state index contributed by atoms with van der Waals surface area (Å²) in [5.74, 6) is 3.47. The summed E-state index contributed by atoms with van der Waals surface area (Å²) in [7, 11) is 4.97. The van der Waals surface area contributed by atoms with Gasteiger partial charge >= 0.3 is 0 Å². The third kappa shape index (κ3) is 4.19. The topological polar surface area (TPSA) is 48.0 Å². The molecule has 4 rings (SSSR count). The molecule has 1 aliphatic carbocycles. The van der Waals surface area contributed by atoms with Gasteiger partial charge in [-0.3, -0.25) is 4.79 Å². The fourth-order valence-corrected chi connectivity index (χ4v) is 4.32. The van der Waals surface area contributed by atoms with Crippen LogP contribution in [0.25, 0.3) is 0 Å². The average Bonchev–Trinajstić information content (AvgIpc) is 3.61. The molecule has 0 radical (unpaired) electrons. The zero-order chi connectivity index (χ0) is 20.4. The molecule has 1 unspecified atom stereocenters. The lowest BCUT2D eigenvalue weighted by molar-refractivity contribution is -0.132. The van der Waals surface area contributed by atoms with E-state index in [1.807, 2.05) is 29.2 Å². The molecule has 1 saturated carbocycles. The van der Waals surface area contributed by atoms with Gasteiger partial charge in [0, 0.05) is 19.5 Å². The van der Waals surface area contributed by atoms with Crippen molar-refractivity contribution in [1.29, 1.82) is 0 Å². The molecule has 0 N–H and O–H groups in total. The third-order valence-electron chi connectivity index (χ3n) is 6.20. The largest absolute Gasteiger partial charge is 0.497 e. The molecule has 2 aliphatic rings. The van der Waals surface area contributed by atoms with E-state index in [1.54, 1.807) is 21.3 Å². The van der Waals surface area contributed by atoms with Gasteiger partial charge in [0.05, 0.1) is 21.3 Å². The molecule has 0 saturated heterocycles. The molecule has 2 aromatic carbocycles. The fourth-order valence-electron chi connectivity index (χ4n) is 4.32. The molecule has 2 aromatic rings. The summed E-state index contributed by atoms with van der Waals surface area (Å²) >= 11 is 0. The van der Waals surface area contributed by atoms with Crippen molar-refractivity contribution >= 4 is 5.91 Å². The number of hydrogen-bond acceptors (Lipinski definition) is 4. The van der Waals surface area contributed by atoms with Gasteiger partial charge in [0.1, 0.15) is 5.75 Å². The van der Waals surface area contributed by atoms with Gasteiger partial charge in [0.15, 0.2) is 11.5 Å². The highest BCUT2D eigenvalue weighted by Gasteiger charge is 2.35. The van der Waals surface area contributed by atoms with Crippen LogP contribution < -0.4 is 14.2 Å². The van der Waals surface area contributed by atoms with Crippen LogP contribution >= 0.6 is 0 Å². The molecular weight excluding hydrogens is 366 g/mol. The van der Waals surface area contributed by atoms with Gasteiger partial charge < -0.3 is 19.1 Å². The van der Waals surface area contributed by atoms with E-state index in [1.165, 1.54) is 24.0 Å². The Hall–Kier alpha value is -2.69. The van der Waals surface area contributed by atoms with Crippen LogP contribution in [0.2, 0.25) is 0 Å². The van der Waals surface area contributed by atoms with Crippen molar-refractivity contribution in [3.8, 4) is 17.2 Å². The van der Waals surface area contributed by atoms with Crippen molar-refractivity contribution in [3.63, 3.8) is 0 Å². The molecule has 5 heteroatoms. The Morgan fingerprint density at radius 3 is 2.24 bits per heavy atom. The molecule has 29 heavy (non-hydrogen) atoms. The van der Waals surface area contributed by atoms with Crippen molar-refractivity contribution in [2.24, 2.45) is 5.92 Å². The summed E-state index contributed by atoms with van der Waals surface area (Å²) in [6.45, 7) is 1.38. The molecule has 5 nitrogen and oxygen atoms in total. The van der Waals surface area contributed by atoms with Gasteiger partial charge in [-0.05, 0) is 72.1 Å². The first-order valence-electron chi connectivity index (χ1n) is 10.3. The van der Waals surface area contributed by atoms with E-state index in [0.29, 0.717) is 24.8 Å². The maximum Gasteiger partial charge on any atom is 0.223 e. The molecule has 1 fully saturated rings. The monoisotopic (exact) mass is 395 g/mol. The molecule has 1 heterocycles. The quantitative estimate of drug-likeness (QED) is 0.706. The van der Waals surface area contributed by atoms with E-state index in [9.17, 15) is 4.79 Å². The second-order valence-electron chi connectivity index (χ2n) is 7.96. The Morgan fingerprint density at radius 1 is 1.00 bits per heavy atom. The number of methoxy groups -OCH3 is 3. The van der Waals surface area contributed by atoms with E-state index in [-0.39, 0.29) is 5.91 Å². The van der Waals surface area contributed by atoms with E-state index < -0.39 is 0 Å². The predicted molar refractivity (Wildman–Crippen MR) is 112 cm³/mol. The minimum atomic E-state index is 0.234. The van der Waals surface area contributed by atoms with Gasteiger partial charge in [0.2, 0.25) is 5.91 Å². The smallest absolute Gasteiger partial charge is 0.223 e. The van der Waals surface area contributed by atoms with E-state index in [0.717, 1.165) is 35.8 Å².